The second kappa shape index (κ2) is 3.44. The van der Waals surface area contributed by atoms with Gasteiger partial charge in [0, 0.05) is 6.07 Å². The standard InChI is InChI=1S/C7H8ClNO2/c1-10-5-3-4-6(11-2)9-7(5)8/h3-4H,1-2H3. The fourth-order valence-electron chi connectivity index (χ4n) is 0.671. The van der Waals surface area contributed by atoms with E-state index in [4.69, 9.17) is 21.1 Å². The molecule has 0 aliphatic rings. The fourth-order valence-corrected chi connectivity index (χ4v) is 0.894. The lowest BCUT2D eigenvalue weighted by Gasteiger charge is -2.02. The van der Waals surface area contributed by atoms with Gasteiger partial charge in [-0.3, -0.25) is 0 Å². The molecule has 0 bridgehead atoms. The molecule has 0 N–H and O–H groups in total. The highest BCUT2D eigenvalue weighted by Gasteiger charge is 2.01. The summed E-state index contributed by atoms with van der Waals surface area (Å²) in [6, 6.07) is 3.39. The smallest absolute Gasteiger partial charge is 0.214 e. The van der Waals surface area contributed by atoms with Crippen LogP contribution < -0.4 is 9.47 Å². The molecule has 0 aliphatic carbocycles. The van der Waals surface area contributed by atoms with E-state index in [1.54, 1.807) is 12.1 Å². The number of rotatable bonds is 2. The van der Waals surface area contributed by atoms with Crippen LogP contribution in [0.2, 0.25) is 5.15 Å². The average molecular weight is 174 g/mol. The van der Waals surface area contributed by atoms with E-state index >= 15 is 0 Å². The Morgan fingerprint density at radius 3 is 2.45 bits per heavy atom. The number of methoxy groups -OCH3 is 2. The van der Waals surface area contributed by atoms with Crippen LogP contribution in [0.5, 0.6) is 11.6 Å². The monoisotopic (exact) mass is 173 g/mol. The van der Waals surface area contributed by atoms with Crippen LogP contribution in [0.15, 0.2) is 12.1 Å². The molecule has 0 spiro atoms. The van der Waals surface area contributed by atoms with E-state index in [0.717, 1.165) is 0 Å². The van der Waals surface area contributed by atoms with Crippen molar-refractivity contribution in [1.82, 2.24) is 4.98 Å². The summed E-state index contributed by atoms with van der Waals surface area (Å²) in [6.07, 6.45) is 0. The van der Waals surface area contributed by atoms with Crippen LogP contribution in [0.3, 0.4) is 0 Å². The van der Waals surface area contributed by atoms with Crippen molar-refractivity contribution in [2.24, 2.45) is 0 Å². The molecular formula is C7H8ClNO2. The number of hydrogen-bond donors (Lipinski definition) is 0. The molecule has 0 aliphatic heterocycles. The van der Waals surface area contributed by atoms with E-state index in [-0.39, 0.29) is 0 Å². The maximum atomic E-state index is 5.69. The molecule has 0 fully saturated rings. The summed E-state index contributed by atoms with van der Waals surface area (Å²) >= 11 is 5.69. The minimum atomic E-state index is 0.312. The third-order valence-corrected chi connectivity index (χ3v) is 1.49. The molecular weight excluding hydrogens is 166 g/mol. The van der Waals surface area contributed by atoms with Gasteiger partial charge in [-0.15, -0.1) is 0 Å². The second-order valence-electron chi connectivity index (χ2n) is 1.85. The van der Waals surface area contributed by atoms with Crippen molar-refractivity contribution in [3.63, 3.8) is 0 Å². The second-order valence-corrected chi connectivity index (χ2v) is 2.20. The molecule has 1 aromatic rings. The summed E-state index contributed by atoms with van der Waals surface area (Å²) in [6.45, 7) is 0. The number of pyridine rings is 1. The van der Waals surface area contributed by atoms with Crippen LogP contribution in [-0.4, -0.2) is 19.2 Å². The minimum absolute atomic E-state index is 0.312. The van der Waals surface area contributed by atoms with Crippen molar-refractivity contribution in [3.05, 3.63) is 17.3 Å². The fraction of sp³-hybridized carbons (Fsp3) is 0.286. The maximum absolute atomic E-state index is 5.69. The maximum Gasteiger partial charge on any atom is 0.214 e. The van der Waals surface area contributed by atoms with E-state index in [2.05, 4.69) is 4.98 Å². The Bertz CT molecular complexity index is 252. The van der Waals surface area contributed by atoms with Crippen LogP contribution >= 0.6 is 11.6 Å². The lowest BCUT2D eigenvalue weighted by Crippen LogP contribution is -1.90. The van der Waals surface area contributed by atoms with Crippen LogP contribution in [0, 0.1) is 0 Å². The first kappa shape index (κ1) is 8.14. The summed E-state index contributed by atoms with van der Waals surface area (Å²) in [4.78, 5) is 3.88. The zero-order valence-electron chi connectivity index (χ0n) is 6.30. The molecule has 0 unspecified atom stereocenters. The number of ether oxygens (including phenoxy) is 2. The first-order chi connectivity index (χ1) is 5.27. The molecule has 3 nitrogen and oxygen atoms in total. The van der Waals surface area contributed by atoms with Gasteiger partial charge < -0.3 is 9.47 Å². The van der Waals surface area contributed by atoms with E-state index in [0.29, 0.717) is 16.8 Å². The van der Waals surface area contributed by atoms with Gasteiger partial charge in [0.15, 0.2) is 10.9 Å². The topological polar surface area (TPSA) is 31.4 Å². The predicted octanol–water partition coefficient (Wildman–Crippen LogP) is 1.75. The highest BCUT2D eigenvalue weighted by atomic mass is 35.5. The summed E-state index contributed by atoms with van der Waals surface area (Å²) in [5.41, 5.74) is 0. The van der Waals surface area contributed by atoms with Gasteiger partial charge in [0.1, 0.15) is 0 Å². The van der Waals surface area contributed by atoms with Crippen molar-refractivity contribution >= 4 is 11.6 Å². The third kappa shape index (κ3) is 1.74. The van der Waals surface area contributed by atoms with E-state index in [9.17, 15) is 0 Å². The lowest BCUT2D eigenvalue weighted by atomic mass is 10.4. The molecule has 0 atom stereocenters. The molecule has 0 saturated heterocycles. The zero-order valence-corrected chi connectivity index (χ0v) is 7.05. The van der Waals surface area contributed by atoms with E-state index in [1.807, 2.05) is 0 Å². The first-order valence-corrected chi connectivity index (χ1v) is 3.40. The van der Waals surface area contributed by atoms with Crippen LogP contribution in [0.4, 0.5) is 0 Å². The molecule has 0 radical (unpaired) electrons. The third-order valence-electron chi connectivity index (χ3n) is 1.22. The molecule has 1 aromatic heterocycles. The number of aromatic nitrogens is 1. The van der Waals surface area contributed by atoms with Crippen molar-refractivity contribution in [2.75, 3.05) is 14.2 Å². The van der Waals surface area contributed by atoms with Crippen molar-refractivity contribution < 1.29 is 9.47 Å². The zero-order chi connectivity index (χ0) is 8.27. The van der Waals surface area contributed by atoms with Crippen molar-refractivity contribution in [2.45, 2.75) is 0 Å². The van der Waals surface area contributed by atoms with E-state index < -0.39 is 0 Å². The summed E-state index contributed by atoms with van der Waals surface area (Å²) in [5, 5.41) is 0.312. The van der Waals surface area contributed by atoms with E-state index in [1.165, 1.54) is 14.2 Å². The van der Waals surface area contributed by atoms with Crippen LogP contribution in [0.1, 0.15) is 0 Å². The molecule has 60 valence electrons. The van der Waals surface area contributed by atoms with Crippen LogP contribution in [0.25, 0.3) is 0 Å². The van der Waals surface area contributed by atoms with Crippen LogP contribution in [-0.2, 0) is 0 Å². The Labute approximate surface area is 69.9 Å². The van der Waals surface area contributed by atoms with Gasteiger partial charge in [-0.25, -0.2) is 0 Å². The van der Waals surface area contributed by atoms with Crippen molar-refractivity contribution in [1.29, 1.82) is 0 Å². The highest BCUT2D eigenvalue weighted by Crippen LogP contribution is 2.23. The summed E-state index contributed by atoms with van der Waals surface area (Å²) in [7, 11) is 3.07. The summed E-state index contributed by atoms with van der Waals surface area (Å²) < 4.78 is 9.74. The van der Waals surface area contributed by atoms with Gasteiger partial charge >= 0.3 is 0 Å². The number of halogens is 1. The van der Waals surface area contributed by atoms with Gasteiger partial charge in [0.25, 0.3) is 0 Å². The van der Waals surface area contributed by atoms with Gasteiger partial charge in [-0.1, -0.05) is 11.6 Å². The number of hydrogen-bond acceptors (Lipinski definition) is 3. The first-order valence-electron chi connectivity index (χ1n) is 3.02. The Hall–Kier alpha value is -0.960. The molecule has 1 rings (SSSR count). The van der Waals surface area contributed by atoms with Crippen molar-refractivity contribution in [3.8, 4) is 11.6 Å². The number of nitrogens with zero attached hydrogens (tertiary/aromatic N) is 1. The quantitative estimate of drug-likeness (QED) is 0.639. The molecule has 1 heterocycles. The Balaban J connectivity index is 2.99. The lowest BCUT2D eigenvalue weighted by molar-refractivity contribution is 0.388. The molecule has 4 heteroatoms. The molecule has 11 heavy (non-hydrogen) atoms. The van der Waals surface area contributed by atoms with Gasteiger partial charge in [0.05, 0.1) is 14.2 Å². The Morgan fingerprint density at radius 1 is 1.27 bits per heavy atom. The SMILES string of the molecule is COc1ccc(OC)c(Cl)n1. The molecule has 0 amide bonds. The van der Waals surface area contributed by atoms with Gasteiger partial charge in [-0.05, 0) is 6.07 Å². The summed E-state index contributed by atoms with van der Waals surface area (Å²) in [5.74, 6) is 1.03. The molecule has 0 saturated carbocycles. The predicted molar refractivity (Wildman–Crippen MR) is 42.4 cm³/mol. The Morgan fingerprint density at radius 2 is 2.00 bits per heavy atom. The average Bonchev–Trinajstić information content (AvgIpc) is 2.04. The highest BCUT2D eigenvalue weighted by molar-refractivity contribution is 6.30. The van der Waals surface area contributed by atoms with Gasteiger partial charge in [0.2, 0.25) is 5.88 Å². The van der Waals surface area contributed by atoms with Gasteiger partial charge in [-0.2, -0.15) is 4.98 Å². The minimum Gasteiger partial charge on any atom is -0.494 e. The molecule has 0 aromatic carbocycles. The Kier molecular flexibility index (Phi) is 2.54. The normalized spacial score (nSPS) is 9.36. The largest absolute Gasteiger partial charge is 0.494 e.